The number of nitrogens with zero attached hydrogens (tertiary/aromatic N) is 3. The van der Waals surface area contributed by atoms with E-state index in [0.29, 0.717) is 25.0 Å². The number of ether oxygens (including phenoxy) is 3. The summed E-state index contributed by atoms with van der Waals surface area (Å²) in [7, 11) is -1.35. The minimum absolute atomic E-state index is 0. The molecule has 0 bridgehead atoms. The number of rotatable bonds is 6. The Balaban J connectivity index is 0.00000259. The summed E-state index contributed by atoms with van der Waals surface area (Å²) in [5, 5.41) is 2.06. The molecule has 2 aromatic heterocycles. The topological polar surface area (TPSA) is 84.6 Å². The Hall–Kier alpha value is -1.03. The summed E-state index contributed by atoms with van der Waals surface area (Å²) >= 11 is 0. The SMILES string of the molecule is Cc1c(OCC2COC3(CCCCC3)OC2)ccnc1CS(=O)c1nc2c([n-]1)=CCCC=2.[Na+]. The molecule has 33 heavy (non-hydrogen) atoms. The van der Waals surface area contributed by atoms with Crippen LogP contribution in [0.15, 0.2) is 17.4 Å². The molecule has 2 aliphatic carbocycles. The van der Waals surface area contributed by atoms with E-state index < -0.39 is 10.8 Å². The Bertz CT molecular complexity index is 1070. The van der Waals surface area contributed by atoms with Crippen LogP contribution >= 0.6 is 0 Å². The number of hydrogen-bond acceptors (Lipinski definition) is 6. The van der Waals surface area contributed by atoms with E-state index in [9.17, 15) is 4.21 Å². The van der Waals surface area contributed by atoms with E-state index >= 15 is 0 Å². The first-order valence-corrected chi connectivity index (χ1v) is 12.9. The Morgan fingerprint density at radius 3 is 2.70 bits per heavy atom. The van der Waals surface area contributed by atoms with Gasteiger partial charge in [0.05, 0.1) is 42.1 Å². The van der Waals surface area contributed by atoms with E-state index in [1.807, 2.05) is 13.0 Å². The molecule has 1 atom stereocenters. The van der Waals surface area contributed by atoms with E-state index in [-0.39, 0.29) is 47.0 Å². The molecule has 5 rings (SSSR count). The summed E-state index contributed by atoms with van der Waals surface area (Å²) in [6, 6.07) is 1.86. The molecule has 1 aliphatic heterocycles. The molecule has 1 saturated carbocycles. The van der Waals surface area contributed by atoms with Gasteiger partial charge < -0.3 is 24.2 Å². The minimum atomic E-state index is -1.35. The van der Waals surface area contributed by atoms with Crippen LogP contribution in [0, 0.1) is 12.8 Å². The van der Waals surface area contributed by atoms with Crippen molar-refractivity contribution in [1.82, 2.24) is 15.0 Å². The maximum atomic E-state index is 12.9. The summed E-state index contributed by atoms with van der Waals surface area (Å²) in [5.74, 6) is 0.874. The van der Waals surface area contributed by atoms with Crippen LogP contribution in [-0.2, 0) is 26.0 Å². The maximum absolute atomic E-state index is 12.9. The fourth-order valence-corrected chi connectivity index (χ4v) is 5.62. The van der Waals surface area contributed by atoms with Crippen molar-refractivity contribution in [3.63, 3.8) is 0 Å². The maximum Gasteiger partial charge on any atom is 1.00 e. The Labute approximate surface area is 219 Å². The van der Waals surface area contributed by atoms with Crippen LogP contribution in [0.4, 0.5) is 0 Å². The fraction of sp³-hybridized carbons (Fsp3) is 0.583. The van der Waals surface area contributed by atoms with Gasteiger partial charge in [-0.05, 0) is 49.4 Å². The average molecular weight is 480 g/mol. The second-order valence-corrected chi connectivity index (χ2v) is 10.2. The smallest absolute Gasteiger partial charge is 0.493 e. The number of aromatic nitrogens is 3. The third-order valence-electron chi connectivity index (χ3n) is 6.52. The van der Waals surface area contributed by atoms with Gasteiger partial charge in [0.15, 0.2) is 5.79 Å². The molecule has 0 amide bonds. The molecule has 3 heterocycles. The molecular weight excluding hydrogens is 449 g/mol. The molecule has 3 aliphatic rings. The Kier molecular flexibility index (Phi) is 8.46. The van der Waals surface area contributed by atoms with Gasteiger partial charge in [0.2, 0.25) is 0 Å². The van der Waals surface area contributed by atoms with Crippen LogP contribution in [0.1, 0.15) is 56.2 Å². The number of hydrogen-bond donors (Lipinski definition) is 0. The first-order valence-electron chi connectivity index (χ1n) is 11.6. The summed E-state index contributed by atoms with van der Waals surface area (Å²) in [6.07, 6.45) is 13.3. The van der Waals surface area contributed by atoms with E-state index in [2.05, 4.69) is 27.1 Å². The predicted molar refractivity (Wildman–Crippen MR) is 121 cm³/mol. The molecule has 7 nitrogen and oxygen atoms in total. The van der Waals surface area contributed by atoms with Crippen molar-refractivity contribution in [3.8, 4) is 5.75 Å². The first kappa shape index (κ1) is 25.1. The van der Waals surface area contributed by atoms with Crippen molar-refractivity contribution in [2.45, 2.75) is 68.6 Å². The Morgan fingerprint density at radius 2 is 1.94 bits per heavy atom. The normalized spacial score (nSPS) is 20.8. The summed E-state index contributed by atoms with van der Waals surface area (Å²) in [4.78, 5) is 13.3. The number of fused-ring (bicyclic) bond motifs is 1. The fourth-order valence-electron chi connectivity index (χ4n) is 4.55. The van der Waals surface area contributed by atoms with Gasteiger partial charge in [0, 0.05) is 35.7 Å². The second-order valence-electron chi connectivity index (χ2n) is 8.90. The third-order valence-corrected chi connectivity index (χ3v) is 7.65. The van der Waals surface area contributed by atoms with Crippen LogP contribution in [0.3, 0.4) is 0 Å². The van der Waals surface area contributed by atoms with Crippen LogP contribution in [0.2, 0.25) is 0 Å². The molecule has 0 radical (unpaired) electrons. The van der Waals surface area contributed by atoms with Gasteiger partial charge in [-0.1, -0.05) is 18.6 Å². The largest absolute Gasteiger partial charge is 1.00 e. The van der Waals surface area contributed by atoms with E-state index in [1.54, 1.807) is 6.20 Å². The zero-order valence-corrected chi connectivity index (χ0v) is 22.4. The molecule has 0 N–H and O–H groups in total. The van der Waals surface area contributed by atoms with Crippen molar-refractivity contribution in [2.75, 3.05) is 19.8 Å². The van der Waals surface area contributed by atoms with Crippen LogP contribution in [0.5, 0.6) is 5.75 Å². The van der Waals surface area contributed by atoms with Crippen molar-refractivity contribution in [1.29, 1.82) is 0 Å². The zero-order chi connectivity index (χ0) is 22.0. The van der Waals surface area contributed by atoms with Gasteiger partial charge in [-0.2, -0.15) is 0 Å². The molecule has 1 spiro atoms. The van der Waals surface area contributed by atoms with Gasteiger partial charge in [-0.15, -0.1) is 0 Å². The number of imidazole rings is 1. The zero-order valence-electron chi connectivity index (χ0n) is 19.5. The second kappa shape index (κ2) is 11.1. The van der Waals surface area contributed by atoms with E-state index in [0.717, 1.165) is 53.4 Å². The predicted octanol–water partition coefficient (Wildman–Crippen LogP) is -0.889. The van der Waals surface area contributed by atoms with Crippen molar-refractivity contribution < 1.29 is 48.0 Å². The van der Waals surface area contributed by atoms with Crippen LogP contribution < -0.4 is 50.0 Å². The summed E-state index contributed by atoms with van der Waals surface area (Å²) in [6.45, 7) is 3.80. The van der Waals surface area contributed by atoms with Gasteiger partial charge >= 0.3 is 29.6 Å². The molecule has 2 fully saturated rings. The van der Waals surface area contributed by atoms with Crippen LogP contribution in [0.25, 0.3) is 12.2 Å². The molecule has 172 valence electrons. The quantitative estimate of drug-likeness (QED) is 0.497. The van der Waals surface area contributed by atoms with E-state index in [4.69, 9.17) is 14.2 Å². The van der Waals surface area contributed by atoms with E-state index in [1.165, 1.54) is 19.3 Å². The molecule has 1 unspecified atom stereocenters. The standard InChI is InChI=1S/C24H30N3O4S.Na/c1-17-21(16-32(28)23-26-19-7-3-4-8-20(19)27-23)25-12-9-22(17)29-13-18-14-30-24(31-15-18)10-5-2-6-11-24;/h7-9,12,18H,2-6,10-11,13-16H2,1H3;/q-1;+1. The minimum Gasteiger partial charge on any atom is -0.493 e. The summed E-state index contributed by atoms with van der Waals surface area (Å²) < 4.78 is 31.2. The van der Waals surface area contributed by atoms with Gasteiger partial charge in [-0.3, -0.25) is 9.19 Å². The molecular formula is C24H30N3NaO4S. The average Bonchev–Trinajstić information content (AvgIpc) is 3.26. The monoisotopic (exact) mass is 479 g/mol. The van der Waals surface area contributed by atoms with Crippen molar-refractivity contribution in [3.05, 3.63) is 34.2 Å². The molecule has 2 aromatic rings. The van der Waals surface area contributed by atoms with Gasteiger partial charge in [-0.25, -0.2) is 0 Å². The summed E-state index contributed by atoms with van der Waals surface area (Å²) in [5.41, 5.74) is 1.64. The third kappa shape index (κ3) is 5.80. The number of pyridine rings is 1. The van der Waals surface area contributed by atoms with Gasteiger partial charge in [0.1, 0.15) is 5.75 Å². The van der Waals surface area contributed by atoms with Crippen LogP contribution in [-0.4, -0.2) is 39.8 Å². The molecule has 1 saturated heterocycles. The molecule has 0 aromatic carbocycles. The van der Waals surface area contributed by atoms with Crippen molar-refractivity contribution in [2.24, 2.45) is 5.92 Å². The Morgan fingerprint density at radius 1 is 1.18 bits per heavy atom. The first-order chi connectivity index (χ1) is 15.6. The van der Waals surface area contributed by atoms with Crippen molar-refractivity contribution >= 4 is 23.0 Å². The van der Waals surface area contributed by atoms with Gasteiger partial charge in [0.25, 0.3) is 0 Å². The molecule has 9 heteroatoms.